The highest BCUT2D eigenvalue weighted by atomic mass is 16.6. The molecule has 0 spiro atoms. The number of piperidine rings is 1. The normalized spacial score (nSPS) is 15.7. The summed E-state index contributed by atoms with van der Waals surface area (Å²) < 4.78 is 7.22. The second-order valence-corrected chi connectivity index (χ2v) is 5.90. The van der Waals surface area contributed by atoms with Gasteiger partial charge < -0.3 is 9.64 Å². The van der Waals surface area contributed by atoms with Crippen molar-refractivity contribution in [2.45, 2.75) is 32.7 Å². The third-order valence-electron chi connectivity index (χ3n) is 4.26. The molecule has 1 amide bonds. The fourth-order valence-electron chi connectivity index (χ4n) is 3.13. The molecule has 0 unspecified atom stereocenters. The van der Waals surface area contributed by atoms with Crippen molar-refractivity contribution in [1.82, 2.24) is 14.7 Å². The number of aromatic nitrogens is 2. The number of likely N-dealkylation sites (tertiary alicyclic amines) is 1. The highest BCUT2D eigenvalue weighted by molar-refractivity contribution is 5.67. The molecular weight excluding hydrogens is 290 g/mol. The van der Waals surface area contributed by atoms with E-state index in [2.05, 4.69) is 22.9 Å². The average molecular weight is 313 g/mol. The first-order chi connectivity index (χ1) is 11.2. The van der Waals surface area contributed by atoms with Gasteiger partial charge in [-0.15, -0.1) is 0 Å². The third kappa shape index (κ3) is 3.38. The second-order valence-electron chi connectivity index (χ2n) is 5.90. The predicted octanol–water partition coefficient (Wildman–Crippen LogP) is 3.65. The van der Waals surface area contributed by atoms with Crippen LogP contribution in [-0.4, -0.2) is 40.5 Å². The van der Waals surface area contributed by atoms with E-state index in [1.54, 1.807) is 4.90 Å². The molecule has 5 nitrogen and oxygen atoms in total. The molecule has 5 heteroatoms. The van der Waals surface area contributed by atoms with Crippen molar-refractivity contribution in [3.63, 3.8) is 0 Å². The molecule has 122 valence electrons. The van der Waals surface area contributed by atoms with Crippen LogP contribution in [-0.2, 0) is 4.74 Å². The minimum atomic E-state index is -0.203. The Morgan fingerprint density at radius 1 is 1.26 bits per heavy atom. The van der Waals surface area contributed by atoms with Crippen LogP contribution in [0.4, 0.5) is 4.79 Å². The van der Waals surface area contributed by atoms with Gasteiger partial charge in [0.25, 0.3) is 0 Å². The lowest BCUT2D eigenvalue weighted by Gasteiger charge is -2.32. The molecule has 0 N–H and O–H groups in total. The van der Waals surface area contributed by atoms with Crippen molar-refractivity contribution in [3.8, 4) is 11.3 Å². The minimum absolute atomic E-state index is 0.203. The Kier molecular flexibility index (Phi) is 4.65. The van der Waals surface area contributed by atoms with E-state index in [0.29, 0.717) is 12.6 Å². The van der Waals surface area contributed by atoms with Gasteiger partial charge in [0.1, 0.15) is 0 Å². The van der Waals surface area contributed by atoms with E-state index >= 15 is 0 Å². The lowest BCUT2D eigenvalue weighted by Crippen LogP contribution is -2.39. The Bertz CT molecular complexity index is 658. The van der Waals surface area contributed by atoms with Crippen molar-refractivity contribution in [3.05, 3.63) is 42.1 Å². The van der Waals surface area contributed by atoms with E-state index in [-0.39, 0.29) is 6.09 Å². The Morgan fingerprint density at radius 2 is 1.96 bits per heavy atom. The number of carbonyl (C=O) groups is 1. The van der Waals surface area contributed by atoms with E-state index in [0.717, 1.165) is 37.3 Å². The van der Waals surface area contributed by atoms with Gasteiger partial charge in [0.2, 0.25) is 0 Å². The first kappa shape index (κ1) is 15.6. The number of amides is 1. The van der Waals surface area contributed by atoms with Gasteiger partial charge in [0, 0.05) is 13.1 Å². The van der Waals surface area contributed by atoms with E-state index in [1.807, 2.05) is 32.0 Å². The smallest absolute Gasteiger partial charge is 0.409 e. The summed E-state index contributed by atoms with van der Waals surface area (Å²) in [6.45, 7) is 5.72. The van der Waals surface area contributed by atoms with E-state index in [4.69, 9.17) is 9.84 Å². The molecule has 1 aliphatic heterocycles. The van der Waals surface area contributed by atoms with Crippen LogP contribution in [0.1, 0.15) is 31.5 Å². The summed E-state index contributed by atoms with van der Waals surface area (Å²) in [5, 5.41) is 4.70. The van der Waals surface area contributed by atoms with E-state index in [9.17, 15) is 4.79 Å². The molecule has 0 atom stereocenters. The minimum Gasteiger partial charge on any atom is -0.450 e. The van der Waals surface area contributed by atoms with Crippen molar-refractivity contribution in [1.29, 1.82) is 0 Å². The van der Waals surface area contributed by atoms with Gasteiger partial charge in [0.15, 0.2) is 0 Å². The van der Waals surface area contributed by atoms with Crippen LogP contribution in [0.5, 0.6) is 0 Å². The molecule has 1 fully saturated rings. The zero-order valence-corrected chi connectivity index (χ0v) is 13.7. The van der Waals surface area contributed by atoms with Crippen molar-refractivity contribution >= 4 is 6.09 Å². The summed E-state index contributed by atoms with van der Waals surface area (Å²) in [4.78, 5) is 13.6. The molecule has 23 heavy (non-hydrogen) atoms. The molecule has 2 aromatic rings. The Morgan fingerprint density at radius 3 is 2.61 bits per heavy atom. The molecule has 0 aliphatic carbocycles. The van der Waals surface area contributed by atoms with Gasteiger partial charge in [0.05, 0.1) is 24.0 Å². The van der Waals surface area contributed by atoms with Gasteiger partial charge in [-0.25, -0.2) is 4.79 Å². The lowest BCUT2D eigenvalue weighted by atomic mass is 10.0. The van der Waals surface area contributed by atoms with Gasteiger partial charge in [-0.1, -0.05) is 30.3 Å². The molecule has 2 heterocycles. The molecular formula is C18H23N3O2. The molecule has 0 radical (unpaired) electrons. The molecule has 0 bridgehead atoms. The Hall–Kier alpha value is -2.30. The number of hydrogen-bond acceptors (Lipinski definition) is 3. The zero-order valence-electron chi connectivity index (χ0n) is 13.7. The molecule has 1 aromatic carbocycles. The van der Waals surface area contributed by atoms with Crippen LogP contribution in [0, 0.1) is 6.92 Å². The average Bonchev–Trinajstić information content (AvgIpc) is 2.98. The second kappa shape index (κ2) is 6.86. The Labute approximate surface area is 136 Å². The monoisotopic (exact) mass is 313 g/mol. The fraction of sp³-hybridized carbons (Fsp3) is 0.444. The summed E-state index contributed by atoms with van der Waals surface area (Å²) in [5.74, 6) is 0. The molecule has 1 aliphatic rings. The topological polar surface area (TPSA) is 47.4 Å². The van der Waals surface area contributed by atoms with Crippen molar-refractivity contribution in [2.24, 2.45) is 0 Å². The van der Waals surface area contributed by atoms with Gasteiger partial charge >= 0.3 is 6.09 Å². The first-order valence-corrected chi connectivity index (χ1v) is 8.22. The largest absolute Gasteiger partial charge is 0.450 e. The maximum atomic E-state index is 11.8. The Balaban J connectivity index is 1.75. The van der Waals surface area contributed by atoms with Crippen LogP contribution in [0.15, 0.2) is 36.4 Å². The van der Waals surface area contributed by atoms with E-state index < -0.39 is 0 Å². The molecule has 1 saturated heterocycles. The van der Waals surface area contributed by atoms with Crippen LogP contribution < -0.4 is 0 Å². The molecule has 0 saturated carbocycles. The number of aryl methyl sites for hydroxylation is 1. The number of nitrogens with zero attached hydrogens (tertiary/aromatic N) is 3. The number of ether oxygens (including phenoxy) is 1. The fourth-order valence-corrected chi connectivity index (χ4v) is 3.13. The third-order valence-corrected chi connectivity index (χ3v) is 4.26. The highest BCUT2D eigenvalue weighted by Crippen LogP contribution is 2.29. The summed E-state index contributed by atoms with van der Waals surface area (Å²) in [7, 11) is 0. The maximum Gasteiger partial charge on any atom is 0.409 e. The molecule has 1 aromatic heterocycles. The van der Waals surface area contributed by atoms with E-state index in [1.165, 1.54) is 5.56 Å². The summed E-state index contributed by atoms with van der Waals surface area (Å²) in [6.07, 6.45) is 1.60. The van der Waals surface area contributed by atoms with Crippen LogP contribution in [0.25, 0.3) is 11.3 Å². The predicted molar refractivity (Wildman–Crippen MR) is 89.3 cm³/mol. The number of benzene rings is 1. The summed E-state index contributed by atoms with van der Waals surface area (Å²) in [6, 6.07) is 12.8. The van der Waals surface area contributed by atoms with Crippen molar-refractivity contribution < 1.29 is 9.53 Å². The molecule has 3 rings (SSSR count). The summed E-state index contributed by atoms with van der Waals surface area (Å²) in [5.41, 5.74) is 3.36. The quantitative estimate of drug-likeness (QED) is 0.869. The van der Waals surface area contributed by atoms with Crippen LogP contribution in [0.3, 0.4) is 0 Å². The highest BCUT2D eigenvalue weighted by Gasteiger charge is 2.26. The van der Waals surface area contributed by atoms with Gasteiger partial charge in [-0.05, 0) is 38.3 Å². The SMILES string of the molecule is CCOC(=O)N1CCC(n2nc(C)cc2-c2ccccc2)CC1. The summed E-state index contributed by atoms with van der Waals surface area (Å²) >= 11 is 0. The first-order valence-electron chi connectivity index (χ1n) is 8.22. The van der Waals surface area contributed by atoms with Crippen LogP contribution >= 0.6 is 0 Å². The lowest BCUT2D eigenvalue weighted by molar-refractivity contribution is 0.0917. The number of rotatable bonds is 3. The van der Waals surface area contributed by atoms with Gasteiger partial charge in [-0.2, -0.15) is 5.10 Å². The van der Waals surface area contributed by atoms with Gasteiger partial charge in [-0.3, -0.25) is 4.68 Å². The number of carbonyl (C=O) groups excluding carboxylic acids is 1. The van der Waals surface area contributed by atoms with Crippen molar-refractivity contribution in [2.75, 3.05) is 19.7 Å². The zero-order chi connectivity index (χ0) is 16.2. The van der Waals surface area contributed by atoms with Crippen LogP contribution in [0.2, 0.25) is 0 Å². The standard InChI is InChI=1S/C18H23N3O2/c1-3-23-18(22)20-11-9-16(10-12-20)21-17(13-14(2)19-21)15-7-5-4-6-8-15/h4-8,13,16H,3,9-12H2,1-2H3. The maximum absolute atomic E-state index is 11.8. The number of hydrogen-bond donors (Lipinski definition) is 0.